The largest absolute Gasteiger partial charge is 0.366 e. The van der Waals surface area contributed by atoms with Crippen molar-refractivity contribution in [2.45, 2.75) is 0 Å². The summed E-state index contributed by atoms with van der Waals surface area (Å²) >= 11 is 0. The summed E-state index contributed by atoms with van der Waals surface area (Å²) in [4.78, 5) is 1.48. The van der Waals surface area contributed by atoms with E-state index in [4.69, 9.17) is 0 Å². The van der Waals surface area contributed by atoms with Crippen LogP contribution in [0.5, 0.6) is 0 Å². The van der Waals surface area contributed by atoms with Gasteiger partial charge in [-0.25, -0.2) is 13.2 Å². The molecule has 0 radical (unpaired) electrons. The van der Waals surface area contributed by atoms with Crippen LogP contribution in [-0.2, 0) is 0 Å². The zero-order valence-corrected chi connectivity index (χ0v) is 7.72. The Morgan fingerprint density at radius 1 is 1.07 bits per heavy atom. The molecular formula is C10H12F3N. The Kier molecular flexibility index (Phi) is 4.29. The van der Waals surface area contributed by atoms with Crippen molar-refractivity contribution in [1.82, 2.24) is 0 Å². The highest BCUT2D eigenvalue weighted by Gasteiger charge is 2.06. The van der Waals surface area contributed by atoms with Crippen molar-refractivity contribution in [3.05, 3.63) is 30.1 Å². The van der Waals surface area contributed by atoms with Gasteiger partial charge in [0, 0.05) is 18.8 Å². The minimum atomic E-state index is -0.573. The molecule has 0 amide bonds. The maximum atomic E-state index is 12.8. The molecule has 0 aliphatic rings. The van der Waals surface area contributed by atoms with Crippen molar-refractivity contribution >= 4 is 5.69 Å². The van der Waals surface area contributed by atoms with Crippen LogP contribution in [0.1, 0.15) is 0 Å². The fraction of sp³-hybridized carbons (Fsp3) is 0.400. The van der Waals surface area contributed by atoms with Crippen molar-refractivity contribution in [1.29, 1.82) is 0 Å². The molecule has 0 N–H and O–H groups in total. The van der Waals surface area contributed by atoms with Crippen LogP contribution in [0, 0.1) is 5.82 Å². The maximum absolute atomic E-state index is 12.8. The Labute approximate surface area is 81.1 Å². The third kappa shape index (κ3) is 2.94. The van der Waals surface area contributed by atoms with Gasteiger partial charge in [-0.15, -0.1) is 0 Å². The Bertz CT molecular complexity index is 272. The van der Waals surface area contributed by atoms with Gasteiger partial charge < -0.3 is 4.90 Å². The standard InChI is InChI=1S/C10H12F3N/c11-4-6-14(7-5-12)10-3-1-2-9(13)8-10/h1-3,8H,4-7H2. The highest BCUT2D eigenvalue weighted by atomic mass is 19.1. The molecule has 1 nitrogen and oxygen atoms in total. The first kappa shape index (κ1) is 10.9. The molecule has 0 fully saturated rings. The Morgan fingerprint density at radius 3 is 2.21 bits per heavy atom. The van der Waals surface area contributed by atoms with Gasteiger partial charge >= 0.3 is 0 Å². The number of nitrogens with zero attached hydrogens (tertiary/aromatic N) is 1. The quantitative estimate of drug-likeness (QED) is 0.710. The topological polar surface area (TPSA) is 3.24 Å². The van der Waals surface area contributed by atoms with Crippen LogP contribution in [0.3, 0.4) is 0 Å². The Hall–Kier alpha value is -1.19. The summed E-state index contributed by atoms with van der Waals surface area (Å²) in [6, 6.07) is 5.72. The minimum Gasteiger partial charge on any atom is -0.366 e. The highest BCUT2D eigenvalue weighted by molar-refractivity contribution is 5.46. The molecule has 0 atom stereocenters. The second kappa shape index (κ2) is 5.52. The van der Waals surface area contributed by atoms with Gasteiger partial charge in [0.1, 0.15) is 19.2 Å². The smallest absolute Gasteiger partial charge is 0.125 e. The van der Waals surface area contributed by atoms with Crippen molar-refractivity contribution in [2.24, 2.45) is 0 Å². The summed E-state index contributed by atoms with van der Waals surface area (Å²) in [5.74, 6) is -0.398. The number of halogens is 3. The summed E-state index contributed by atoms with van der Waals surface area (Å²) < 4.78 is 37.0. The first-order chi connectivity index (χ1) is 6.77. The van der Waals surface area contributed by atoms with Gasteiger partial charge in [-0.1, -0.05) is 6.07 Å². The number of benzene rings is 1. The van der Waals surface area contributed by atoms with Crippen LogP contribution < -0.4 is 4.90 Å². The molecule has 0 saturated heterocycles. The fourth-order valence-corrected chi connectivity index (χ4v) is 1.25. The van der Waals surface area contributed by atoms with Crippen LogP contribution in [0.25, 0.3) is 0 Å². The summed E-state index contributed by atoms with van der Waals surface area (Å²) in [5, 5.41) is 0. The average Bonchev–Trinajstić information content (AvgIpc) is 2.17. The predicted molar refractivity (Wildman–Crippen MR) is 50.6 cm³/mol. The SMILES string of the molecule is FCCN(CCF)c1cccc(F)c1. The van der Waals surface area contributed by atoms with Gasteiger partial charge in [0.25, 0.3) is 0 Å². The van der Waals surface area contributed by atoms with Gasteiger partial charge in [-0.05, 0) is 18.2 Å². The molecule has 14 heavy (non-hydrogen) atoms. The third-order valence-corrected chi connectivity index (χ3v) is 1.88. The van der Waals surface area contributed by atoms with Crippen molar-refractivity contribution in [3.63, 3.8) is 0 Å². The number of rotatable bonds is 5. The van der Waals surface area contributed by atoms with E-state index in [0.29, 0.717) is 5.69 Å². The first-order valence-electron chi connectivity index (χ1n) is 4.40. The van der Waals surface area contributed by atoms with Crippen LogP contribution in [-0.4, -0.2) is 26.4 Å². The summed E-state index contributed by atoms with van der Waals surface area (Å²) in [6.45, 7) is -0.965. The van der Waals surface area contributed by atoms with Crippen LogP contribution >= 0.6 is 0 Å². The van der Waals surface area contributed by atoms with Gasteiger partial charge in [0.05, 0.1) is 0 Å². The van der Waals surface area contributed by atoms with Gasteiger partial charge in [-0.3, -0.25) is 0 Å². The maximum Gasteiger partial charge on any atom is 0.125 e. The number of alkyl halides is 2. The van der Waals surface area contributed by atoms with Crippen LogP contribution in [0.2, 0.25) is 0 Å². The molecule has 0 unspecified atom stereocenters. The molecule has 78 valence electrons. The second-order valence-corrected chi connectivity index (χ2v) is 2.84. The molecule has 0 aliphatic heterocycles. The zero-order chi connectivity index (χ0) is 10.4. The Morgan fingerprint density at radius 2 is 1.71 bits per heavy atom. The van der Waals surface area contributed by atoms with E-state index >= 15 is 0 Å². The van der Waals surface area contributed by atoms with E-state index in [-0.39, 0.29) is 13.1 Å². The van der Waals surface area contributed by atoms with E-state index in [1.807, 2.05) is 0 Å². The molecule has 0 aliphatic carbocycles. The van der Waals surface area contributed by atoms with E-state index in [9.17, 15) is 13.2 Å². The van der Waals surface area contributed by atoms with Crippen molar-refractivity contribution in [3.8, 4) is 0 Å². The van der Waals surface area contributed by atoms with Gasteiger partial charge in [0.15, 0.2) is 0 Å². The minimum absolute atomic E-state index is 0.0906. The fourth-order valence-electron chi connectivity index (χ4n) is 1.25. The number of anilines is 1. The monoisotopic (exact) mass is 203 g/mol. The number of hydrogen-bond acceptors (Lipinski definition) is 1. The first-order valence-corrected chi connectivity index (χ1v) is 4.40. The molecule has 0 bridgehead atoms. The summed E-state index contributed by atoms with van der Waals surface area (Å²) in [5.41, 5.74) is 0.514. The van der Waals surface area contributed by atoms with E-state index in [0.717, 1.165) is 0 Å². The van der Waals surface area contributed by atoms with Gasteiger partial charge in [-0.2, -0.15) is 0 Å². The van der Waals surface area contributed by atoms with Crippen molar-refractivity contribution < 1.29 is 13.2 Å². The van der Waals surface area contributed by atoms with E-state index in [2.05, 4.69) is 0 Å². The Balaban J connectivity index is 2.75. The lowest BCUT2D eigenvalue weighted by Gasteiger charge is -2.21. The second-order valence-electron chi connectivity index (χ2n) is 2.84. The molecule has 4 heteroatoms. The summed E-state index contributed by atoms with van der Waals surface area (Å²) in [6.07, 6.45) is 0. The van der Waals surface area contributed by atoms with E-state index < -0.39 is 19.2 Å². The van der Waals surface area contributed by atoms with E-state index in [1.165, 1.54) is 23.1 Å². The van der Waals surface area contributed by atoms with Crippen LogP contribution in [0.15, 0.2) is 24.3 Å². The molecular weight excluding hydrogens is 191 g/mol. The zero-order valence-electron chi connectivity index (χ0n) is 7.72. The van der Waals surface area contributed by atoms with E-state index in [1.54, 1.807) is 6.07 Å². The third-order valence-electron chi connectivity index (χ3n) is 1.88. The van der Waals surface area contributed by atoms with Gasteiger partial charge in [0.2, 0.25) is 0 Å². The molecule has 0 saturated carbocycles. The normalized spacial score (nSPS) is 10.2. The lowest BCUT2D eigenvalue weighted by molar-refractivity contribution is 0.457. The molecule has 0 spiro atoms. The lowest BCUT2D eigenvalue weighted by atomic mass is 10.3. The molecule has 1 aromatic rings. The molecule has 1 aromatic carbocycles. The summed E-state index contributed by atoms with van der Waals surface area (Å²) in [7, 11) is 0. The molecule has 0 heterocycles. The predicted octanol–water partition coefficient (Wildman–Crippen LogP) is 2.57. The highest BCUT2D eigenvalue weighted by Crippen LogP contribution is 2.14. The lowest BCUT2D eigenvalue weighted by Crippen LogP contribution is -2.27. The van der Waals surface area contributed by atoms with Crippen LogP contribution in [0.4, 0.5) is 18.9 Å². The molecule has 1 rings (SSSR count). The molecule has 0 aromatic heterocycles. The average molecular weight is 203 g/mol. The van der Waals surface area contributed by atoms with Crippen molar-refractivity contribution in [2.75, 3.05) is 31.3 Å². The number of hydrogen-bond donors (Lipinski definition) is 0.